The Balaban J connectivity index is 1.55. The molecule has 0 aliphatic carbocycles. The number of nitrogens with one attached hydrogen (secondary N) is 1. The predicted molar refractivity (Wildman–Crippen MR) is 98.6 cm³/mol. The van der Waals surface area contributed by atoms with E-state index in [9.17, 15) is 4.39 Å². The van der Waals surface area contributed by atoms with Crippen LogP contribution in [0, 0.1) is 5.82 Å². The molecule has 0 unspecified atom stereocenters. The van der Waals surface area contributed by atoms with E-state index in [0.29, 0.717) is 13.2 Å². The average Bonchev–Trinajstić information content (AvgIpc) is 2.62. The lowest BCUT2D eigenvalue weighted by Gasteiger charge is -2.10. The molecule has 0 spiro atoms. The van der Waals surface area contributed by atoms with Gasteiger partial charge in [-0.1, -0.05) is 42.5 Å². The molecule has 3 rings (SSSR count). The molecule has 0 aliphatic heterocycles. The van der Waals surface area contributed by atoms with Crippen molar-refractivity contribution in [2.45, 2.75) is 13.2 Å². The minimum absolute atomic E-state index is 0.259. The lowest BCUT2D eigenvalue weighted by Crippen LogP contribution is -2.01. The van der Waals surface area contributed by atoms with Crippen LogP contribution in [0.3, 0.4) is 0 Å². The number of hydrogen-bond acceptors (Lipinski definition) is 2. The largest absolute Gasteiger partial charge is 0.489 e. The van der Waals surface area contributed by atoms with E-state index >= 15 is 0 Å². The zero-order valence-electron chi connectivity index (χ0n) is 13.0. The van der Waals surface area contributed by atoms with Crippen LogP contribution in [0.2, 0.25) is 0 Å². The van der Waals surface area contributed by atoms with Crippen LogP contribution >= 0.6 is 15.9 Å². The highest BCUT2D eigenvalue weighted by Gasteiger charge is 2.02. The normalized spacial score (nSPS) is 10.4. The summed E-state index contributed by atoms with van der Waals surface area (Å²) in [5.74, 6) is 0.569. The Hall–Kier alpha value is -2.33. The van der Waals surface area contributed by atoms with Crippen molar-refractivity contribution < 1.29 is 9.13 Å². The SMILES string of the molecule is Fc1ccc(Br)c(NCc2ccc(OCc3ccccc3)cc2)c1. The molecule has 1 N–H and O–H groups in total. The van der Waals surface area contributed by atoms with Gasteiger partial charge in [0.15, 0.2) is 0 Å². The topological polar surface area (TPSA) is 21.3 Å². The van der Waals surface area contributed by atoms with E-state index in [1.807, 2.05) is 54.6 Å². The molecular formula is C20H17BrFNO. The van der Waals surface area contributed by atoms with Gasteiger partial charge in [0.2, 0.25) is 0 Å². The molecule has 0 radical (unpaired) electrons. The molecule has 0 saturated carbocycles. The van der Waals surface area contributed by atoms with Gasteiger partial charge in [-0.05, 0) is 57.4 Å². The smallest absolute Gasteiger partial charge is 0.125 e. The molecule has 0 saturated heterocycles. The molecule has 0 amide bonds. The van der Waals surface area contributed by atoms with Crippen LogP contribution in [0.15, 0.2) is 77.3 Å². The second-order valence-corrected chi connectivity index (χ2v) is 6.25. The lowest BCUT2D eigenvalue weighted by atomic mass is 10.2. The highest BCUT2D eigenvalue weighted by Crippen LogP contribution is 2.24. The summed E-state index contributed by atoms with van der Waals surface area (Å²) in [7, 11) is 0. The quantitative estimate of drug-likeness (QED) is 0.580. The number of halogens is 2. The van der Waals surface area contributed by atoms with Crippen molar-refractivity contribution in [3.63, 3.8) is 0 Å². The molecule has 0 atom stereocenters. The fourth-order valence-electron chi connectivity index (χ4n) is 2.27. The predicted octanol–water partition coefficient (Wildman–Crippen LogP) is 5.78. The molecule has 0 fully saturated rings. The molecule has 0 aliphatic rings. The molecule has 24 heavy (non-hydrogen) atoms. The van der Waals surface area contributed by atoms with Crippen LogP contribution in [0.25, 0.3) is 0 Å². The molecule has 122 valence electrons. The maximum absolute atomic E-state index is 13.3. The fourth-order valence-corrected chi connectivity index (χ4v) is 2.66. The van der Waals surface area contributed by atoms with Gasteiger partial charge in [-0.2, -0.15) is 0 Å². The zero-order valence-corrected chi connectivity index (χ0v) is 14.6. The van der Waals surface area contributed by atoms with E-state index in [1.165, 1.54) is 12.1 Å². The first-order valence-corrected chi connectivity index (χ1v) is 8.44. The van der Waals surface area contributed by atoms with E-state index in [4.69, 9.17) is 4.74 Å². The highest BCUT2D eigenvalue weighted by molar-refractivity contribution is 9.10. The maximum atomic E-state index is 13.3. The third kappa shape index (κ3) is 4.59. The molecule has 0 heterocycles. The first-order chi connectivity index (χ1) is 11.7. The standard InChI is InChI=1S/C20H17BrFNO/c21-19-11-8-17(22)12-20(19)23-13-15-6-9-18(10-7-15)24-14-16-4-2-1-3-5-16/h1-12,23H,13-14H2. The number of ether oxygens (including phenoxy) is 1. The summed E-state index contributed by atoms with van der Waals surface area (Å²) < 4.78 is 19.9. The Morgan fingerprint density at radius 2 is 1.62 bits per heavy atom. The Bertz CT molecular complexity index is 790. The van der Waals surface area contributed by atoms with Crippen LogP contribution in [0.4, 0.5) is 10.1 Å². The summed E-state index contributed by atoms with van der Waals surface area (Å²) in [6.07, 6.45) is 0. The number of hydrogen-bond donors (Lipinski definition) is 1. The summed E-state index contributed by atoms with van der Waals surface area (Å²) in [5, 5.41) is 3.22. The molecule has 0 aromatic heterocycles. The second-order valence-electron chi connectivity index (χ2n) is 5.40. The third-order valence-corrected chi connectivity index (χ3v) is 4.27. The van der Waals surface area contributed by atoms with Gasteiger partial charge in [0.05, 0.1) is 5.69 Å². The van der Waals surface area contributed by atoms with Gasteiger partial charge in [-0.15, -0.1) is 0 Å². The van der Waals surface area contributed by atoms with Gasteiger partial charge in [0.1, 0.15) is 18.2 Å². The van der Waals surface area contributed by atoms with Crippen LogP contribution in [0.5, 0.6) is 5.75 Å². The molecule has 2 nitrogen and oxygen atoms in total. The Morgan fingerprint density at radius 1 is 0.875 bits per heavy atom. The zero-order chi connectivity index (χ0) is 16.8. The lowest BCUT2D eigenvalue weighted by molar-refractivity contribution is 0.306. The van der Waals surface area contributed by atoms with E-state index in [1.54, 1.807) is 6.07 Å². The molecule has 0 bridgehead atoms. The summed E-state index contributed by atoms with van der Waals surface area (Å²) in [6, 6.07) is 22.5. The maximum Gasteiger partial charge on any atom is 0.125 e. The first-order valence-electron chi connectivity index (χ1n) is 7.65. The minimum atomic E-state index is -0.259. The summed E-state index contributed by atoms with van der Waals surface area (Å²) >= 11 is 3.41. The van der Waals surface area contributed by atoms with Crippen LogP contribution in [-0.2, 0) is 13.2 Å². The summed E-state index contributed by atoms with van der Waals surface area (Å²) in [4.78, 5) is 0. The van der Waals surface area contributed by atoms with Crippen LogP contribution in [0.1, 0.15) is 11.1 Å². The number of benzene rings is 3. The third-order valence-electron chi connectivity index (χ3n) is 3.58. The van der Waals surface area contributed by atoms with Crippen LogP contribution < -0.4 is 10.1 Å². The minimum Gasteiger partial charge on any atom is -0.489 e. The molecule has 3 aromatic carbocycles. The van der Waals surface area contributed by atoms with Crippen molar-refractivity contribution in [1.82, 2.24) is 0 Å². The van der Waals surface area contributed by atoms with Gasteiger partial charge in [-0.3, -0.25) is 0 Å². The number of anilines is 1. The van der Waals surface area contributed by atoms with Crippen molar-refractivity contribution in [3.05, 3.63) is 94.2 Å². The van der Waals surface area contributed by atoms with E-state index in [2.05, 4.69) is 21.2 Å². The van der Waals surface area contributed by atoms with E-state index in [-0.39, 0.29) is 5.82 Å². The van der Waals surface area contributed by atoms with Crippen molar-refractivity contribution in [3.8, 4) is 5.75 Å². The van der Waals surface area contributed by atoms with Gasteiger partial charge >= 0.3 is 0 Å². The Kier molecular flexibility index (Phi) is 5.49. The summed E-state index contributed by atoms with van der Waals surface area (Å²) in [6.45, 7) is 1.16. The molecular weight excluding hydrogens is 369 g/mol. The fraction of sp³-hybridized carbons (Fsp3) is 0.100. The van der Waals surface area contributed by atoms with Crippen molar-refractivity contribution >= 4 is 21.6 Å². The molecule has 3 aromatic rings. The molecule has 4 heteroatoms. The van der Waals surface area contributed by atoms with Crippen molar-refractivity contribution in [1.29, 1.82) is 0 Å². The van der Waals surface area contributed by atoms with Crippen LogP contribution in [-0.4, -0.2) is 0 Å². The van der Waals surface area contributed by atoms with Gasteiger partial charge < -0.3 is 10.1 Å². The highest BCUT2D eigenvalue weighted by atomic mass is 79.9. The summed E-state index contributed by atoms with van der Waals surface area (Å²) in [5.41, 5.74) is 2.97. The Labute approximate surface area is 149 Å². The van der Waals surface area contributed by atoms with Gasteiger partial charge in [0, 0.05) is 11.0 Å². The first kappa shape index (κ1) is 16.5. The van der Waals surface area contributed by atoms with Crippen molar-refractivity contribution in [2.24, 2.45) is 0 Å². The van der Waals surface area contributed by atoms with E-state index in [0.717, 1.165) is 27.0 Å². The second kappa shape index (κ2) is 7.97. The monoisotopic (exact) mass is 385 g/mol. The number of rotatable bonds is 6. The Morgan fingerprint density at radius 3 is 2.38 bits per heavy atom. The van der Waals surface area contributed by atoms with Gasteiger partial charge in [0.25, 0.3) is 0 Å². The van der Waals surface area contributed by atoms with Gasteiger partial charge in [-0.25, -0.2) is 4.39 Å². The average molecular weight is 386 g/mol. The van der Waals surface area contributed by atoms with Crippen molar-refractivity contribution in [2.75, 3.05) is 5.32 Å². The van der Waals surface area contributed by atoms with E-state index < -0.39 is 0 Å².